The van der Waals surface area contributed by atoms with Gasteiger partial charge >= 0.3 is 0 Å². The van der Waals surface area contributed by atoms with Crippen LogP contribution in [-0.2, 0) is 4.74 Å². The number of carbonyl (C=O) groups is 1. The lowest BCUT2D eigenvalue weighted by Crippen LogP contribution is -2.43. The average molecular weight is 274 g/mol. The van der Waals surface area contributed by atoms with Gasteiger partial charge in [0, 0.05) is 25.8 Å². The van der Waals surface area contributed by atoms with Gasteiger partial charge in [-0.05, 0) is 24.3 Å². The molecule has 5 nitrogen and oxygen atoms in total. The first-order valence-corrected chi connectivity index (χ1v) is 6.45. The Morgan fingerprint density at radius 2 is 2.20 bits per heavy atom. The third kappa shape index (κ3) is 3.50. The molecule has 106 valence electrons. The van der Waals surface area contributed by atoms with E-state index >= 15 is 0 Å². The van der Waals surface area contributed by atoms with E-state index in [1.807, 2.05) is 0 Å². The molecule has 0 saturated carbocycles. The van der Waals surface area contributed by atoms with E-state index in [4.69, 9.17) is 15.9 Å². The fourth-order valence-corrected chi connectivity index (χ4v) is 2.13. The molecule has 1 heterocycles. The van der Waals surface area contributed by atoms with Crippen molar-refractivity contribution in [1.29, 1.82) is 0 Å². The predicted molar refractivity (Wildman–Crippen MR) is 75.7 cm³/mol. The van der Waals surface area contributed by atoms with Gasteiger partial charge in [-0.15, -0.1) is 6.42 Å². The van der Waals surface area contributed by atoms with Gasteiger partial charge in [-0.3, -0.25) is 4.79 Å². The third-order valence-corrected chi connectivity index (χ3v) is 3.22. The van der Waals surface area contributed by atoms with E-state index in [0.717, 1.165) is 6.54 Å². The van der Waals surface area contributed by atoms with E-state index in [9.17, 15) is 4.79 Å². The topological polar surface area (TPSA) is 59.6 Å². The van der Waals surface area contributed by atoms with Crippen LogP contribution < -0.4 is 15.4 Å². The van der Waals surface area contributed by atoms with Crippen LogP contribution in [0, 0.1) is 12.3 Å². The summed E-state index contributed by atoms with van der Waals surface area (Å²) < 4.78 is 10.6. The van der Waals surface area contributed by atoms with Crippen molar-refractivity contribution in [3.05, 3.63) is 29.8 Å². The molecule has 0 aromatic heterocycles. The van der Waals surface area contributed by atoms with E-state index in [-0.39, 0.29) is 24.7 Å². The van der Waals surface area contributed by atoms with E-state index in [1.165, 1.54) is 0 Å². The second-order valence-electron chi connectivity index (χ2n) is 4.53. The van der Waals surface area contributed by atoms with E-state index in [2.05, 4.69) is 16.6 Å². The number of benzene rings is 1. The Balaban J connectivity index is 1.94. The van der Waals surface area contributed by atoms with Gasteiger partial charge in [0.2, 0.25) is 0 Å². The lowest BCUT2D eigenvalue weighted by molar-refractivity contribution is 0.0780. The molecule has 1 aromatic rings. The monoisotopic (exact) mass is 274 g/mol. The third-order valence-electron chi connectivity index (χ3n) is 3.22. The van der Waals surface area contributed by atoms with Crippen molar-refractivity contribution in [3.8, 4) is 18.1 Å². The van der Waals surface area contributed by atoms with Gasteiger partial charge < -0.3 is 20.1 Å². The molecule has 1 amide bonds. The molecule has 0 spiro atoms. The van der Waals surface area contributed by atoms with Crippen molar-refractivity contribution >= 4 is 5.91 Å². The summed E-state index contributed by atoms with van der Waals surface area (Å²) >= 11 is 0. The van der Waals surface area contributed by atoms with E-state index in [1.54, 1.807) is 31.4 Å². The maximum atomic E-state index is 12.1. The Labute approximate surface area is 118 Å². The number of ether oxygens (including phenoxy) is 2. The van der Waals surface area contributed by atoms with Crippen molar-refractivity contribution in [2.24, 2.45) is 0 Å². The Kier molecular flexibility index (Phi) is 4.99. The first-order valence-electron chi connectivity index (χ1n) is 6.45. The highest BCUT2D eigenvalue weighted by Crippen LogP contribution is 2.13. The molecule has 1 saturated heterocycles. The summed E-state index contributed by atoms with van der Waals surface area (Å²) in [5.41, 5.74) is 0.583. The molecule has 2 unspecified atom stereocenters. The second-order valence-corrected chi connectivity index (χ2v) is 4.53. The standard InChI is InChI=1S/C15H18N2O3/c1-3-8-20-12-6-4-11(5-7-12)15(18)17-13-9-16-10-14(13)19-2/h1,4-7,13-14,16H,8-10H2,2H3,(H,17,18). The van der Waals surface area contributed by atoms with Crippen molar-refractivity contribution < 1.29 is 14.3 Å². The zero-order valence-corrected chi connectivity index (χ0v) is 11.4. The van der Waals surface area contributed by atoms with Crippen LogP contribution in [0.3, 0.4) is 0 Å². The normalized spacial score (nSPS) is 21.2. The lowest BCUT2D eigenvalue weighted by Gasteiger charge is -2.18. The summed E-state index contributed by atoms with van der Waals surface area (Å²) in [6.45, 7) is 1.68. The molecule has 2 N–H and O–H groups in total. The zero-order chi connectivity index (χ0) is 14.4. The number of carbonyl (C=O) groups excluding carboxylic acids is 1. The largest absolute Gasteiger partial charge is 0.481 e. The number of amides is 1. The highest BCUT2D eigenvalue weighted by atomic mass is 16.5. The molecule has 2 atom stereocenters. The summed E-state index contributed by atoms with van der Waals surface area (Å²) in [5, 5.41) is 6.14. The zero-order valence-electron chi connectivity index (χ0n) is 11.4. The summed E-state index contributed by atoms with van der Waals surface area (Å²) in [4.78, 5) is 12.1. The molecule has 2 rings (SSSR count). The van der Waals surface area contributed by atoms with Gasteiger partial charge in [0.1, 0.15) is 12.4 Å². The average Bonchev–Trinajstić information content (AvgIpc) is 2.92. The van der Waals surface area contributed by atoms with E-state index in [0.29, 0.717) is 17.9 Å². The van der Waals surface area contributed by atoms with Crippen LogP contribution in [0.25, 0.3) is 0 Å². The van der Waals surface area contributed by atoms with Crippen LogP contribution >= 0.6 is 0 Å². The molecule has 20 heavy (non-hydrogen) atoms. The molecule has 1 aliphatic heterocycles. The molecule has 1 aromatic carbocycles. The summed E-state index contributed by atoms with van der Waals surface area (Å²) in [7, 11) is 1.65. The fraction of sp³-hybridized carbons (Fsp3) is 0.400. The molecular formula is C15H18N2O3. The maximum absolute atomic E-state index is 12.1. The Bertz CT molecular complexity index is 493. The van der Waals surface area contributed by atoms with Gasteiger partial charge in [0.05, 0.1) is 12.1 Å². The van der Waals surface area contributed by atoms with Crippen LogP contribution in [0.4, 0.5) is 0 Å². The Morgan fingerprint density at radius 3 is 2.85 bits per heavy atom. The van der Waals surface area contributed by atoms with Crippen molar-refractivity contribution in [3.63, 3.8) is 0 Å². The number of methoxy groups -OCH3 is 1. The van der Waals surface area contributed by atoms with Gasteiger partial charge in [0.25, 0.3) is 5.91 Å². The number of nitrogens with one attached hydrogen (secondary N) is 2. The minimum Gasteiger partial charge on any atom is -0.481 e. The van der Waals surface area contributed by atoms with Crippen LogP contribution in [-0.4, -0.2) is 44.9 Å². The SMILES string of the molecule is C#CCOc1ccc(C(=O)NC2CNCC2OC)cc1. The maximum Gasteiger partial charge on any atom is 0.251 e. The fourth-order valence-electron chi connectivity index (χ4n) is 2.13. The van der Waals surface area contributed by atoms with Gasteiger partial charge in [0.15, 0.2) is 0 Å². The second kappa shape index (κ2) is 6.94. The minimum atomic E-state index is -0.121. The lowest BCUT2D eigenvalue weighted by atomic mass is 10.1. The van der Waals surface area contributed by atoms with Crippen LogP contribution in [0.1, 0.15) is 10.4 Å². The van der Waals surface area contributed by atoms with Crippen LogP contribution in [0.5, 0.6) is 5.75 Å². The number of rotatable bonds is 5. The van der Waals surface area contributed by atoms with Crippen LogP contribution in [0.2, 0.25) is 0 Å². The molecule has 0 radical (unpaired) electrons. The molecule has 1 fully saturated rings. The highest BCUT2D eigenvalue weighted by molar-refractivity contribution is 5.94. The number of terminal acetylenes is 1. The quantitative estimate of drug-likeness (QED) is 0.764. The molecule has 1 aliphatic rings. The number of hydrogen-bond donors (Lipinski definition) is 2. The van der Waals surface area contributed by atoms with Crippen molar-refractivity contribution in [2.75, 3.05) is 26.8 Å². The predicted octanol–water partition coefficient (Wildman–Crippen LogP) is 0.415. The summed E-state index contributed by atoms with van der Waals surface area (Å²) in [6.07, 6.45) is 5.13. The highest BCUT2D eigenvalue weighted by Gasteiger charge is 2.28. The first kappa shape index (κ1) is 14.4. The summed E-state index contributed by atoms with van der Waals surface area (Å²) in [5.74, 6) is 2.92. The van der Waals surface area contributed by atoms with Gasteiger partial charge in [-0.2, -0.15) is 0 Å². The number of hydrogen-bond acceptors (Lipinski definition) is 4. The molecule has 5 heteroatoms. The molecular weight excluding hydrogens is 256 g/mol. The van der Waals surface area contributed by atoms with Crippen LogP contribution in [0.15, 0.2) is 24.3 Å². The molecule has 0 aliphatic carbocycles. The first-order chi connectivity index (χ1) is 9.74. The van der Waals surface area contributed by atoms with Gasteiger partial charge in [-0.25, -0.2) is 0 Å². The smallest absolute Gasteiger partial charge is 0.251 e. The van der Waals surface area contributed by atoms with Crippen molar-refractivity contribution in [2.45, 2.75) is 12.1 Å². The Hall–Kier alpha value is -2.03. The minimum absolute atomic E-state index is 0.00938. The Morgan fingerprint density at radius 1 is 1.45 bits per heavy atom. The molecule has 0 bridgehead atoms. The van der Waals surface area contributed by atoms with Crippen molar-refractivity contribution in [1.82, 2.24) is 10.6 Å². The van der Waals surface area contributed by atoms with E-state index < -0.39 is 0 Å². The van der Waals surface area contributed by atoms with Gasteiger partial charge in [-0.1, -0.05) is 5.92 Å². The summed E-state index contributed by atoms with van der Waals surface area (Å²) in [6, 6.07) is 6.88.